The van der Waals surface area contributed by atoms with Gasteiger partial charge in [0.05, 0.1) is 18.8 Å². The maximum Gasteiger partial charge on any atom is 0.252 e. The summed E-state index contributed by atoms with van der Waals surface area (Å²) in [7, 11) is 1.56. The first-order valence-electron chi connectivity index (χ1n) is 6.55. The fraction of sp³-hybridized carbons (Fsp3) is 0.533. The molecule has 2 N–H and O–H groups in total. The van der Waals surface area contributed by atoms with Crippen LogP contribution in [0.1, 0.15) is 37.6 Å². The highest BCUT2D eigenvalue weighted by Gasteiger charge is 2.21. The van der Waals surface area contributed by atoms with Crippen LogP contribution in [0.15, 0.2) is 22.7 Å². The number of hydrogen-bond donors (Lipinski definition) is 2. The van der Waals surface area contributed by atoms with E-state index in [9.17, 15) is 9.90 Å². The maximum absolute atomic E-state index is 12.1. The topological polar surface area (TPSA) is 58.6 Å². The lowest BCUT2D eigenvalue weighted by molar-refractivity contribution is 0.0551. The molecule has 0 heterocycles. The molecule has 20 heavy (non-hydrogen) atoms. The van der Waals surface area contributed by atoms with Crippen LogP contribution in [-0.2, 0) is 0 Å². The van der Waals surface area contributed by atoms with Crippen molar-refractivity contribution in [1.29, 1.82) is 0 Å². The van der Waals surface area contributed by atoms with Crippen molar-refractivity contribution in [1.82, 2.24) is 5.32 Å². The van der Waals surface area contributed by atoms with Gasteiger partial charge in [-0.05, 0) is 46.0 Å². The largest absolute Gasteiger partial charge is 0.497 e. The second-order valence-corrected chi connectivity index (χ2v) is 6.63. The van der Waals surface area contributed by atoms with E-state index < -0.39 is 6.10 Å². The number of nitrogens with one attached hydrogen (secondary N) is 1. The lowest BCUT2D eigenvalue weighted by Crippen LogP contribution is -2.32. The van der Waals surface area contributed by atoms with Gasteiger partial charge in [-0.3, -0.25) is 4.79 Å². The molecule has 0 fully saturated rings. The van der Waals surface area contributed by atoms with E-state index >= 15 is 0 Å². The molecule has 1 aromatic carbocycles. The molecule has 0 aromatic heterocycles. The van der Waals surface area contributed by atoms with Gasteiger partial charge in [-0.1, -0.05) is 20.8 Å². The van der Waals surface area contributed by atoms with Gasteiger partial charge in [0.25, 0.3) is 5.91 Å². The average molecular weight is 344 g/mol. The van der Waals surface area contributed by atoms with Crippen LogP contribution in [0.2, 0.25) is 0 Å². The van der Waals surface area contributed by atoms with Gasteiger partial charge < -0.3 is 15.2 Å². The third-order valence-electron chi connectivity index (χ3n) is 3.12. The van der Waals surface area contributed by atoms with Crippen LogP contribution in [0.5, 0.6) is 5.75 Å². The van der Waals surface area contributed by atoms with Gasteiger partial charge in [-0.25, -0.2) is 0 Å². The van der Waals surface area contributed by atoms with E-state index in [0.717, 1.165) is 0 Å². The summed E-state index contributed by atoms with van der Waals surface area (Å²) < 4.78 is 5.82. The summed E-state index contributed by atoms with van der Waals surface area (Å²) in [6, 6.07) is 5.24. The first kappa shape index (κ1) is 17.0. The second-order valence-electron chi connectivity index (χ2n) is 5.77. The van der Waals surface area contributed by atoms with Crippen molar-refractivity contribution in [2.45, 2.75) is 33.3 Å². The molecule has 112 valence electrons. The van der Waals surface area contributed by atoms with E-state index in [-0.39, 0.29) is 11.3 Å². The van der Waals surface area contributed by atoms with Crippen molar-refractivity contribution < 1.29 is 14.6 Å². The van der Waals surface area contributed by atoms with Gasteiger partial charge in [0.1, 0.15) is 5.75 Å². The van der Waals surface area contributed by atoms with E-state index in [0.29, 0.717) is 28.8 Å². The molecule has 0 spiro atoms. The zero-order valence-electron chi connectivity index (χ0n) is 12.4. The molecule has 0 saturated carbocycles. The Morgan fingerprint density at radius 2 is 2.10 bits per heavy atom. The predicted molar refractivity (Wildman–Crippen MR) is 83.1 cm³/mol. The number of carbonyl (C=O) groups is 1. The van der Waals surface area contributed by atoms with Gasteiger partial charge in [0, 0.05) is 11.0 Å². The predicted octanol–water partition coefficient (Wildman–Crippen LogP) is 2.98. The van der Waals surface area contributed by atoms with Gasteiger partial charge in [0.2, 0.25) is 0 Å². The smallest absolute Gasteiger partial charge is 0.252 e. The molecular formula is C15H22BrNO3. The molecule has 5 heteroatoms. The van der Waals surface area contributed by atoms with E-state index in [4.69, 9.17) is 4.74 Å². The van der Waals surface area contributed by atoms with Gasteiger partial charge in [-0.15, -0.1) is 0 Å². The number of amides is 1. The minimum Gasteiger partial charge on any atom is -0.497 e. The van der Waals surface area contributed by atoms with Gasteiger partial charge in [0.15, 0.2) is 0 Å². The number of benzene rings is 1. The van der Waals surface area contributed by atoms with Crippen molar-refractivity contribution in [3.8, 4) is 5.75 Å². The van der Waals surface area contributed by atoms with Crippen LogP contribution in [-0.4, -0.2) is 30.8 Å². The number of halogens is 1. The zero-order valence-corrected chi connectivity index (χ0v) is 14.0. The molecule has 0 aliphatic carbocycles. The number of methoxy groups -OCH3 is 1. The highest BCUT2D eigenvalue weighted by molar-refractivity contribution is 9.10. The van der Waals surface area contributed by atoms with Crippen molar-refractivity contribution in [2.75, 3.05) is 13.7 Å². The Balaban J connectivity index is 2.59. The Labute approximate surface area is 128 Å². The van der Waals surface area contributed by atoms with Crippen molar-refractivity contribution in [2.24, 2.45) is 5.41 Å². The van der Waals surface area contributed by atoms with E-state index in [2.05, 4.69) is 21.2 Å². The summed E-state index contributed by atoms with van der Waals surface area (Å²) in [6.45, 7) is 6.34. The van der Waals surface area contributed by atoms with Crippen molar-refractivity contribution in [3.63, 3.8) is 0 Å². The molecule has 4 nitrogen and oxygen atoms in total. The summed E-state index contributed by atoms with van der Waals surface area (Å²) in [6.07, 6.45) is 0.0770. The number of aliphatic hydroxyl groups is 1. The average Bonchev–Trinajstić information content (AvgIpc) is 2.37. The lowest BCUT2D eigenvalue weighted by Gasteiger charge is -2.25. The lowest BCUT2D eigenvalue weighted by atomic mass is 9.87. The third kappa shape index (κ3) is 4.80. The number of hydrogen-bond acceptors (Lipinski definition) is 3. The Bertz CT molecular complexity index is 469. The van der Waals surface area contributed by atoms with E-state index in [1.165, 1.54) is 0 Å². The SMILES string of the molecule is COc1ccc(Br)c(C(=O)NCCC(O)C(C)(C)C)c1. The molecule has 0 bridgehead atoms. The maximum atomic E-state index is 12.1. The summed E-state index contributed by atoms with van der Waals surface area (Å²) in [5.41, 5.74) is 0.343. The van der Waals surface area contributed by atoms with Crippen molar-refractivity contribution in [3.05, 3.63) is 28.2 Å². The Hall–Kier alpha value is -1.07. The first-order chi connectivity index (χ1) is 9.25. The minimum atomic E-state index is -0.448. The Morgan fingerprint density at radius 3 is 2.65 bits per heavy atom. The second kappa shape index (κ2) is 7.09. The first-order valence-corrected chi connectivity index (χ1v) is 7.35. The van der Waals surface area contributed by atoms with E-state index in [1.54, 1.807) is 25.3 Å². The molecule has 1 unspecified atom stereocenters. The molecule has 1 atom stereocenters. The molecule has 0 saturated heterocycles. The fourth-order valence-electron chi connectivity index (χ4n) is 1.66. The van der Waals surface area contributed by atoms with Crippen LogP contribution in [0.3, 0.4) is 0 Å². The summed E-state index contributed by atoms with van der Waals surface area (Å²) in [5.74, 6) is 0.449. The standard InChI is InChI=1S/C15H22BrNO3/c1-15(2,3)13(18)7-8-17-14(19)11-9-10(20-4)5-6-12(11)16/h5-6,9,13,18H,7-8H2,1-4H3,(H,17,19). The molecular weight excluding hydrogens is 322 g/mol. The monoisotopic (exact) mass is 343 g/mol. The Morgan fingerprint density at radius 1 is 1.45 bits per heavy atom. The molecule has 0 radical (unpaired) electrons. The van der Waals surface area contributed by atoms with Crippen LogP contribution < -0.4 is 10.1 Å². The van der Waals surface area contributed by atoms with Gasteiger partial charge >= 0.3 is 0 Å². The summed E-state index contributed by atoms with van der Waals surface area (Å²) in [4.78, 5) is 12.1. The normalized spacial score (nSPS) is 12.9. The molecule has 1 aromatic rings. The van der Waals surface area contributed by atoms with Crippen molar-refractivity contribution >= 4 is 21.8 Å². The summed E-state index contributed by atoms with van der Waals surface area (Å²) >= 11 is 3.35. The highest BCUT2D eigenvalue weighted by atomic mass is 79.9. The number of carbonyl (C=O) groups excluding carboxylic acids is 1. The van der Waals surface area contributed by atoms with Crippen LogP contribution in [0, 0.1) is 5.41 Å². The van der Waals surface area contributed by atoms with Crippen LogP contribution in [0.4, 0.5) is 0 Å². The number of aliphatic hydroxyl groups excluding tert-OH is 1. The fourth-order valence-corrected chi connectivity index (χ4v) is 2.08. The zero-order chi connectivity index (χ0) is 15.3. The molecule has 0 aliphatic heterocycles. The van der Waals surface area contributed by atoms with Gasteiger partial charge in [-0.2, -0.15) is 0 Å². The van der Waals surface area contributed by atoms with Crippen LogP contribution in [0.25, 0.3) is 0 Å². The molecule has 0 aliphatic rings. The highest BCUT2D eigenvalue weighted by Crippen LogP contribution is 2.23. The quantitative estimate of drug-likeness (QED) is 0.863. The molecule has 1 amide bonds. The third-order valence-corrected chi connectivity index (χ3v) is 3.81. The molecule has 1 rings (SSSR count). The number of ether oxygens (including phenoxy) is 1. The minimum absolute atomic E-state index is 0.179. The Kier molecular flexibility index (Phi) is 6.02. The van der Waals surface area contributed by atoms with Crippen LogP contribution >= 0.6 is 15.9 Å². The number of rotatable bonds is 5. The van der Waals surface area contributed by atoms with E-state index in [1.807, 2.05) is 20.8 Å². The summed E-state index contributed by atoms with van der Waals surface area (Å²) in [5, 5.41) is 12.7.